The fraction of sp³-hybridized carbons (Fsp3) is 0.562. The molecule has 1 aliphatic rings. The maximum Gasteiger partial charge on any atom is 0.241 e. The Bertz CT molecular complexity index is 694. The number of sulfonamides is 1. The normalized spacial score (nSPS) is 14.2. The Balaban J connectivity index is 0.00000288. The lowest BCUT2D eigenvalue weighted by atomic mass is 9.95. The molecular weight excluding hydrogens is 350 g/mol. The molecule has 24 heavy (non-hydrogen) atoms. The summed E-state index contributed by atoms with van der Waals surface area (Å²) < 4.78 is 28.1. The zero-order valence-electron chi connectivity index (χ0n) is 14.3. The number of nitrogens with two attached hydrogens (primary N) is 1. The number of rotatable bonds is 6. The highest BCUT2D eigenvalue weighted by Crippen LogP contribution is 2.30. The number of hydrogen-bond acceptors (Lipinski definition) is 4. The Kier molecular flexibility index (Phi) is 6.81. The summed E-state index contributed by atoms with van der Waals surface area (Å²) in [5.41, 5.74) is 6.85. The first kappa shape index (κ1) is 20.9. The molecule has 0 fully saturated rings. The van der Waals surface area contributed by atoms with Gasteiger partial charge in [0.2, 0.25) is 15.9 Å². The van der Waals surface area contributed by atoms with Crippen molar-refractivity contribution in [1.29, 1.82) is 0 Å². The van der Waals surface area contributed by atoms with Crippen LogP contribution in [-0.2, 0) is 21.2 Å². The first-order valence-corrected chi connectivity index (χ1v) is 9.42. The lowest BCUT2D eigenvalue weighted by Gasteiger charge is -2.31. The molecule has 2 rings (SSSR count). The summed E-state index contributed by atoms with van der Waals surface area (Å²) >= 11 is 0. The van der Waals surface area contributed by atoms with Crippen LogP contribution in [0, 0.1) is 0 Å². The van der Waals surface area contributed by atoms with Gasteiger partial charge in [-0.1, -0.05) is 13.8 Å². The molecule has 0 aliphatic carbocycles. The van der Waals surface area contributed by atoms with E-state index in [-0.39, 0.29) is 29.8 Å². The van der Waals surface area contributed by atoms with Gasteiger partial charge in [0.25, 0.3) is 0 Å². The van der Waals surface area contributed by atoms with Crippen LogP contribution in [0.25, 0.3) is 0 Å². The van der Waals surface area contributed by atoms with Crippen LogP contribution < -0.4 is 15.4 Å². The first-order valence-electron chi connectivity index (χ1n) is 7.93. The van der Waals surface area contributed by atoms with Crippen LogP contribution in [-0.4, -0.2) is 33.0 Å². The molecule has 0 saturated carbocycles. The van der Waals surface area contributed by atoms with E-state index in [1.54, 1.807) is 23.1 Å². The Morgan fingerprint density at radius 2 is 1.96 bits per heavy atom. The van der Waals surface area contributed by atoms with Gasteiger partial charge in [0, 0.05) is 31.2 Å². The standard InChI is InChI=1S/C16H25N3O3S.ClH/c1-4-16(5-2,11-17)18-23(21,22)14-6-7-15-13(10-14)8-9-19(15)12(3)20;/h6-7,10,18H,4-5,8-9,11,17H2,1-3H3;1H. The molecule has 0 atom stereocenters. The summed E-state index contributed by atoms with van der Waals surface area (Å²) in [5.74, 6) is -0.0309. The van der Waals surface area contributed by atoms with Crippen LogP contribution in [0.3, 0.4) is 0 Å². The molecule has 0 bridgehead atoms. The molecule has 6 nitrogen and oxygen atoms in total. The molecule has 1 amide bonds. The number of halogens is 1. The number of benzene rings is 1. The van der Waals surface area contributed by atoms with Gasteiger partial charge in [-0.25, -0.2) is 13.1 Å². The Hall–Kier alpha value is -1.15. The number of carbonyl (C=O) groups is 1. The molecule has 136 valence electrons. The van der Waals surface area contributed by atoms with E-state index in [1.165, 1.54) is 6.92 Å². The molecule has 0 saturated heterocycles. The van der Waals surface area contributed by atoms with E-state index >= 15 is 0 Å². The molecule has 1 aliphatic heterocycles. The van der Waals surface area contributed by atoms with E-state index in [4.69, 9.17) is 5.73 Å². The number of hydrogen-bond donors (Lipinski definition) is 2. The number of nitrogens with one attached hydrogen (secondary N) is 1. The predicted molar refractivity (Wildman–Crippen MR) is 98.1 cm³/mol. The van der Waals surface area contributed by atoms with Crippen molar-refractivity contribution in [2.45, 2.75) is 50.5 Å². The summed E-state index contributed by atoms with van der Waals surface area (Å²) in [7, 11) is -3.65. The molecule has 3 N–H and O–H groups in total. The lowest BCUT2D eigenvalue weighted by molar-refractivity contribution is -0.116. The van der Waals surface area contributed by atoms with Crippen LogP contribution in [0.15, 0.2) is 23.1 Å². The lowest BCUT2D eigenvalue weighted by Crippen LogP contribution is -2.52. The van der Waals surface area contributed by atoms with Gasteiger partial charge in [0.1, 0.15) is 0 Å². The average Bonchev–Trinajstić information content (AvgIpc) is 2.96. The molecular formula is C16H26ClN3O3S. The maximum absolute atomic E-state index is 12.7. The van der Waals surface area contributed by atoms with E-state index in [0.29, 0.717) is 25.8 Å². The van der Waals surface area contributed by atoms with Gasteiger partial charge in [-0.15, -0.1) is 12.4 Å². The smallest absolute Gasteiger partial charge is 0.241 e. The van der Waals surface area contributed by atoms with E-state index in [1.807, 2.05) is 13.8 Å². The van der Waals surface area contributed by atoms with Gasteiger partial charge < -0.3 is 10.6 Å². The van der Waals surface area contributed by atoms with Crippen LogP contribution in [0.4, 0.5) is 5.69 Å². The predicted octanol–water partition coefficient (Wildman–Crippen LogP) is 1.81. The number of fused-ring (bicyclic) bond motifs is 1. The quantitative estimate of drug-likeness (QED) is 0.793. The molecule has 0 radical (unpaired) electrons. The summed E-state index contributed by atoms with van der Waals surface area (Å²) in [5, 5.41) is 0. The molecule has 1 aromatic rings. The minimum Gasteiger partial charge on any atom is -0.329 e. The number of anilines is 1. The van der Waals surface area contributed by atoms with Gasteiger partial charge in [0.15, 0.2) is 0 Å². The van der Waals surface area contributed by atoms with Gasteiger partial charge in [-0.05, 0) is 43.0 Å². The van der Waals surface area contributed by atoms with E-state index in [0.717, 1.165) is 11.3 Å². The Morgan fingerprint density at radius 3 is 2.46 bits per heavy atom. The van der Waals surface area contributed by atoms with E-state index in [9.17, 15) is 13.2 Å². The molecule has 1 aromatic carbocycles. The van der Waals surface area contributed by atoms with Crippen LogP contribution in [0.2, 0.25) is 0 Å². The minimum absolute atomic E-state index is 0. The number of amides is 1. The SMILES string of the molecule is CCC(CC)(CN)NS(=O)(=O)c1ccc2c(c1)CCN2C(C)=O.Cl. The molecule has 0 spiro atoms. The monoisotopic (exact) mass is 375 g/mol. The second kappa shape index (κ2) is 7.82. The third-order valence-electron chi connectivity index (χ3n) is 4.73. The number of nitrogens with zero attached hydrogens (tertiary/aromatic N) is 1. The van der Waals surface area contributed by atoms with Crippen molar-refractivity contribution in [3.8, 4) is 0 Å². The van der Waals surface area contributed by atoms with Gasteiger partial charge in [-0.3, -0.25) is 4.79 Å². The molecule has 1 heterocycles. The average molecular weight is 376 g/mol. The van der Waals surface area contributed by atoms with E-state index < -0.39 is 15.6 Å². The van der Waals surface area contributed by atoms with Crippen LogP contribution in [0.5, 0.6) is 0 Å². The zero-order valence-corrected chi connectivity index (χ0v) is 16.0. The first-order chi connectivity index (χ1) is 10.8. The second-order valence-corrected chi connectivity index (χ2v) is 7.69. The molecule has 0 aromatic heterocycles. The number of carbonyl (C=O) groups excluding carboxylic acids is 1. The van der Waals surface area contributed by atoms with Crippen molar-refractivity contribution >= 4 is 34.0 Å². The summed E-state index contributed by atoms with van der Waals surface area (Å²) in [4.78, 5) is 13.5. The highest BCUT2D eigenvalue weighted by atomic mass is 35.5. The summed E-state index contributed by atoms with van der Waals surface area (Å²) in [6, 6.07) is 4.92. The minimum atomic E-state index is -3.65. The third-order valence-corrected chi connectivity index (χ3v) is 6.31. The highest BCUT2D eigenvalue weighted by Gasteiger charge is 2.32. The van der Waals surface area contributed by atoms with Gasteiger partial charge in [-0.2, -0.15) is 0 Å². The fourth-order valence-corrected chi connectivity index (χ4v) is 4.55. The van der Waals surface area contributed by atoms with Crippen molar-refractivity contribution in [3.63, 3.8) is 0 Å². The Labute approximate surface area is 150 Å². The van der Waals surface area contributed by atoms with Crippen molar-refractivity contribution in [1.82, 2.24) is 4.72 Å². The van der Waals surface area contributed by atoms with Gasteiger partial charge >= 0.3 is 0 Å². The van der Waals surface area contributed by atoms with Crippen molar-refractivity contribution in [3.05, 3.63) is 23.8 Å². The van der Waals surface area contributed by atoms with Crippen molar-refractivity contribution in [2.75, 3.05) is 18.0 Å². The van der Waals surface area contributed by atoms with E-state index in [2.05, 4.69) is 4.72 Å². The largest absolute Gasteiger partial charge is 0.329 e. The summed E-state index contributed by atoms with van der Waals surface area (Å²) in [6.45, 7) is 6.21. The van der Waals surface area contributed by atoms with Gasteiger partial charge in [0.05, 0.1) is 4.90 Å². The third kappa shape index (κ3) is 3.91. The Morgan fingerprint density at radius 1 is 1.33 bits per heavy atom. The van der Waals surface area contributed by atoms with Crippen LogP contribution >= 0.6 is 12.4 Å². The highest BCUT2D eigenvalue weighted by molar-refractivity contribution is 7.89. The van der Waals surface area contributed by atoms with Crippen molar-refractivity contribution in [2.24, 2.45) is 5.73 Å². The topological polar surface area (TPSA) is 92.5 Å². The fourth-order valence-electron chi connectivity index (χ4n) is 2.94. The van der Waals surface area contributed by atoms with Crippen molar-refractivity contribution < 1.29 is 13.2 Å². The molecule has 0 unspecified atom stereocenters. The van der Waals surface area contributed by atoms with Crippen LogP contribution in [0.1, 0.15) is 39.2 Å². The molecule has 8 heteroatoms. The second-order valence-electron chi connectivity index (χ2n) is 6.01. The maximum atomic E-state index is 12.7. The zero-order chi connectivity index (χ0) is 17.3. The summed E-state index contributed by atoms with van der Waals surface area (Å²) in [6.07, 6.45) is 1.92.